The van der Waals surface area contributed by atoms with Crippen LogP contribution in [0.2, 0.25) is 4.34 Å². The summed E-state index contributed by atoms with van der Waals surface area (Å²) in [6, 6.07) is 4.86. The van der Waals surface area contributed by atoms with Gasteiger partial charge in [-0.2, -0.15) is 0 Å². The maximum Gasteiger partial charge on any atom is 0.0931 e. The minimum atomic E-state index is 0.468. The van der Waals surface area contributed by atoms with Crippen LogP contribution >= 0.6 is 22.9 Å². The van der Waals surface area contributed by atoms with Crippen molar-refractivity contribution in [1.29, 1.82) is 0 Å². The second-order valence-corrected chi connectivity index (χ2v) is 8.73. The van der Waals surface area contributed by atoms with E-state index in [2.05, 4.69) is 45.1 Å². The summed E-state index contributed by atoms with van der Waals surface area (Å²) in [4.78, 5) is 1.48. The molecule has 2 rings (SSSR count). The van der Waals surface area contributed by atoms with Crippen molar-refractivity contribution in [1.82, 2.24) is 5.32 Å². The fourth-order valence-corrected chi connectivity index (χ4v) is 4.39. The Morgan fingerprint density at radius 3 is 2.74 bits per heavy atom. The van der Waals surface area contributed by atoms with E-state index in [0.717, 1.165) is 16.8 Å². The molecule has 0 aliphatic heterocycles. The summed E-state index contributed by atoms with van der Waals surface area (Å²) in [5, 5.41) is 3.62. The van der Waals surface area contributed by atoms with E-state index in [4.69, 9.17) is 11.6 Å². The highest BCUT2D eigenvalue weighted by Crippen LogP contribution is 2.48. The van der Waals surface area contributed by atoms with Crippen molar-refractivity contribution in [3.63, 3.8) is 0 Å². The van der Waals surface area contributed by atoms with Crippen LogP contribution in [0.5, 0.6) is 0 Å². The van der Waals surface area contributed by atoms with Crippen molar-refractivity contribution in [2.45, 2.75) is 58.9 Å². The minimum Gasteiger partial charge on any atom is -0.314 e. The molecular formula is C16H26ClNS. The van der Waals surface area contributed by atoms with Gasteiger partial charge >= 0.3 is 0 Å². The molecule has 3 heteroatoms. The van der Waals surface area contributed by atoms with E-state index >= 15 is 0 Å². The Morgan fingerprint density at radius 1 is 1.42 bits per heavy atom. The first-order valence-electron chi connectivity index (χ1n) is 7.36. The zero-order valence-corrected chi connectivity index (χ0v) is 14.1. The number of hydrogen-bond acceptors (Lipinski definition) is 2. The molecule has 0 aromatic carbocycles. The van der Waals surface area contributed by atoms with Gasteiger partial charge in [0.05, 0.1) is 4.34 Å². The Bertz CT molecular complexity index is 409. The molecule has 19 heavy (non-hydrogen) atoms. The van der Waals surface area contributed by atoms with Crippen molar-refractivity contribution < 1.29 is 0 Å². The highest BCUT2D eigenvalue weighted by Gasteiger charge is 2.36. The highest BCUT2D eigenvalue weighted by molar-refractivity contribution is 7.16. The lowest BCUT2D eigenvalue weighted by Gasteiger charge is -2.41. The molecule has 0 saturated heterocycles. The molecule has 1 saturated carbocycles. The number of nitrogens with one attached hydrogen (secondary N) is 1. The molecule has 2 unspecified atom stereocenters. The summed E-state index contributed by atoms with van der Waals surface area (Å²) in [6.45, 7) is 10.4. The van der Waals surface area contributed by atoms with E-state index in [1.807, 2.05) is 0 Å². The summed E-state index contributed by atoms with van der Waals surface area (Å²) >= 11 is 7.90. The van der Waals surface area contributed by atoms with Crippen molar-refractivity contribution in [2.75, 3.05) is 6.54 Å². The van der Waals surface area contributed by atoms with Crippen molar-refractivity contribution in [2.24, 2.45) is 11.3 Å². The average Bonchev–Trinajstić information content (AvgIpc) is 2.73. The van der Waals surface area contributed by atoms with Crippen LogP contribution in [0.3, 0.4) is 0 Å². The predicted molar refractivity (Wildman–Crippen MR) is 86.3 cm³/mol. The summed E-state index contributed by atoms with van der Waals surface area (Å²) in [5.74, 6) is 1.43. The molecule has 1 aliphatic rings. The first kappa shape index (κ1) is 15.3. The van der Waals surface area contributed by atoms with Gasteiger partial charge in [-0.1, -0.05) is 39.3 Å². The molecule has 108 valence electrons. The Labute approximate surface area is 126 Å². The van der Waals surface area contributed by atoms with Crippen molar-refractivity contribution in [3.8, 4) is 0 Å². The van der Waals surface area contributed by atoms with Gasteiger partial charge in [0.1, 0.15) is 0 Å². The smallest absolute Gasteiger partial charge is 0.0931 e. The van der Waals surface area contributed by atoms with Crippen LogP contribution in [0, 0.1) is 11.3 Å². The Kier molecular flexibility index (Phi) is 4.97. The van der Waals surface area contributed by atoms with Gasteiger partial charge < -0.3 is 5.32 Å². The maximum atomic E-state index is 6.13. The summed E-state index contributed by atoms with van der Waals surface area (Å²) < 4.78 is 0.925. The molecule has 0 bridgehead atoms. The summed E-state index contributed by atoms with van der Waals surface area (Å²) in [6.07, 6.45) is 3.95. The van der Waals surface area contributed by atoms with Crippen LogP contribution in [0.1, 0.15) is 57.8 Å². The molecule has 0 radical (unpaired) electrons. The molecule has 1 fully saturated rings. The molecule has 0 spiro atoms. The van der Waals surface area contributed by atoms with Crippen LogP contribution in [0.15, 0.2) is 12.1 Å². The SMILES string of the molecule is CC(C)NCC1CCC(C)(C)CC1c1ccc(Cl)s1. The van der Waals surface area contributed by atoms with Gasteiger partial charge in [-0.25, -0.2) is 0 Å². The van der Waals surface area contributed by atoms with Gasteiger partial charge in [0.2, 0.25) is 0 Å². The number of rotatable bonds is 4. The summed E-state index contributed by atoms with van der Waals surface area (Å²) in [7, 11) is 0. The van der Waals surface area contributed by atoms with Gasteiger partial charge in [0, 0.05) is 10.9 Å². The quantitative estimate of drug-likeness (QED) is 0.794. The van der Waals surface area contributed by atoms with Crippen molar-refractivity contribution in [3.05, 3.63) is 21.3 Å². The topological polar surface area (TPSA) is 12.0 Å². The Hall–Kier alpha value is -0.0500. The second-order valence-electron chi connectivity index (χ2n) is 6.98. The fraction of sp³-hybridized carbons (Fsp3) is 0.750. The van der Waals surface area contributed by atoms with Crippen molar-refractivity contribution >= 4 is 22.9 Å². The molecule has 1 aliphatic carbocycles. The molecule has 1 aromatic rings. The van der Waals surface area contributed by atoms with Gasteiger partial charge in [0.25, 0.3) is 0 Å². The molecule has 1 heterocycles. The van der Waals surface area contributed by atoms with Gasteiger partial charge in [-0.05, 0) is 55.2 Å². The van der Waals surface area contributed by atoms with E-state index in [1.165, 1.54) is 24.1 Å². The van der Waals surface area contributed by atoms with E-state index in [9.17, 15) is 0 Å². The molecule has 1 nitrogen and oxygen atoms in total. The maximum absolute atomic E-state index is 6.13. The van der Waals surface area contributed by atoms with E-state index in [1.54, 1.807) is 11.3 Å². The molecule has 1 aromatic heterocycles. The second kappa shape index (κ2) is 6.15. The van der Waals surface area contributed by atoms with Gasteiger partial charge in [-0.3, -0.25) is 0 Å². The molecular weight excluding hydrogens is 274 g/mol. The predicted octanol–water partition coefficient (Wildman–Crippen LogP) is 5.31. The molecule has 2 atom stereocenters. The highest BCUT2D eigenvalue weighted by atomic mass is 35.5. The third-order valence-electron chi connectivity index (χ3n) is 4.28. The Morgan fingerprint density at radius 2 is 2.16 bits per heavy atom. The summed E-state index contributed by atoms with van der Waals surface area (Å²) in [5.41, 5.74) is 0.468. The lowest BCUT2D eigenvalue weighted by Crippen LogP contribution is -2.36. The van der Waals surface area contributed by atoms with E-state index < -0.39 is 0 Å². The molecule has 1 N–H and O–H groups in total. The third-order valence-corrected chi connectivity index (χ3v) is 5.64. The largest absolute Gasteiger partial charge is 0.314 e. The Balaban J connectivity index is 2.12. The monoisotopic (exact) mass is 299 g/mol. The first-order valence-corrected chi connectivity index (χ1v) is 8.55. The van der Waals surface area contributed by atoms with Crippen LogP contribution in [0.25, 0.3) is 0 Å². The molecule has 0 amide bonds. The lowest BCUT2D eigenvalue weighted by molar-refractivity contribution is 0.160. The average molecular weight is 300 g/mol. The van der Waals surface area contributed by atoms with Gasteiger partial charge in [-0.15, -0.1) is 11.3 Å². The van der Waals surface area contributed by atoms with Crippen LogP contribution in [-0.2, 0) is 0 Å². The first-order chi connectivity index (χ1) is 8.87. The van der Waals surface area contributed by atoms with Gasteiger partial charge in [0.15, 0.2) is 0 Å². The third kappa shape index (κ3) is 4.21. The zero-order valence-electron chi connectivity index (χ0n) is 12.5. The number of hydrogen-bond donors (Lipinski definition) is 1. The van der Waals surface area contributed by atoms with E-state index in [-0.39, 0.29) is 0 Å². The van der Waals surface area contributed by atoms with Crippen LogP contribution < -0.4 is 5.32 Å². The minimum absolute atomic E-state index is 0.468. The normalized spacial score (nSPS) is 26.8. The van der Waals surface area contributed by atoms with E-state index in [0.29, 0.717) is 17.4 Å². The number of halogens is 1. The fourth-order valence-electron chi connectivity index (χ4n) is 3.13. The van der Waals surface area contributed by atoms with Crippen LogP contribution in [-0.4, -0.2) is 12.6 Å². The standard InChI is InChI=1S/C16H26ClNS/c1-11(2)18-10-12-7-8-16(3,4)9-13(12)14-5-6-15(17)19-14/h5-6,11-13,18H,7-10H2,1-4H3. The van der Waals surface area contributed by atoms with Crippen LogP contribution in [0.4, 0.5) is 0 Å². The zero-order chi connectivity index (χ0) is 14.0. The lowest BCUT2D eigenvalue weighted by atomic mass is 9.66. The number of thiophene rings is 1.